The van der Waals surface area contributed by atoms with Gasteiger partial charge in [0.1, 0.15) is 12.1 Å². The van der Waals surface area contributed by atoms with Gasteiger partial charge in [0.25, 0.3) is 0 Å². The summed E-state index contributed by atoms with van der Waals surface area (Å²) in [5, 5.41) is 10.1. The lowest BCUT2D eigenvalue weighted by molar-refractivity contribution is 0.0155. The molecule has 8 nitrogen and oxygen atoms in total. The number of hydrogen-bond donors (Lipinski definition) is 3. The van der Waals surface area contributed by atoms with E-state index in [0.717, 1.165) is 43.7 Å². The van der Waals surface area contributed by atoms with Crippen LogP contribution in [0.5, 0.6) is 5.75 Å². The van der Waals surface area contributed by atoms with Crippen molar-refractivity contribution in [2.45, 2.75) is 57.1 Å². The Balaban J connectivity index is 1.20. The van der Waals surface area contributed by atoms with E-state index in [1.165, 1.54) is 38.4 Å². The van der Waals surface area contributed by atoms with Crippen molar-refractivity contribution in [2.75, 3.05) is 38.2 Å². The summed E-state index contributed by atoms with van der Waals surface area (Å²) < 4.78 is 26.4. The molecular weight excluding hydrogens is 423 g/mol. The van der Waals surface area contributed by atoms with E-state index >= 15 is 0 Å². The van der Waals surface area contributed by atoms with Crippen LogP contribution >= 0.6 is 0 Å². The van der Waals surface area contributed by atoms with Crippen LogP contribution in [0.4, 0.5) is 10.1 Å². The van der Waals surface area contributed by atoms with Gasteiger partial charge >= 0.3 is 0 Å². The maximum absolute atomic E-state index is 14.7. The van der Waals surface area contributed by atoms with Crippen LogP contribution in [-0.2, 0) is 4.74 Å². The van der Waals surface area contributed by atoms with E-state index in [4.69, 9.17) is 14.5 Å². The van der Waals surface area contributed by atoms with Gasteiger partial charge in [0.2, 0.25) is 0 Å². The molecular formula is C24H33FN6O2. The molecule has 0 saturated carbocycles. The van der Waals surface area contributed by atoms with Gasteiger partial charge in [-0.05, 0) is 58.2 Å². The molecule has 33 heavy (non-hydrogen) atoms. The number of aromatic amines is 2. The number of nitrogens with zero attached hydrogens (tertiary/aromatic N) is 3. The van der Waals surface area contributed by atoms with Gasteiger partial charge in [-0.2, -0.15) is 5.10 Å². The summed E-state index contributed by atoms with van der Waals surface area (Å²) in [6.45, 7) is 4.72. The maximum Gasteiger partial charge on any atom is 0.167 e. The Morgan fingerprint density at radius 3 is 2.94 bits per heavy atom. The number of piperidine rings is 1. The fourth-order valence-corrected chi connectivity index (χ4v) is 4.82. The molecule has 2 aliphatic heterocycles. The van der Waals surface area contributed by atoms with Crippen molar-refractivity contribution in [3.05, 3.63) is 36.2 Å². The Morgan fingerprint density at radius 2 is 2.09 bits per heavy atom. The lowest BCUT2D eigenvalue weighted by atomic mass is 9.98. The molecule has 2 saturated heterocycles. The summed E-state index contributed by atoms with van der Waals surface area (Å²) in [6, 6.07) is 3.19. The van der Waals surface area contributed by atoms with Crippen molar-refractivity contribution >= 4 is 16.7 Å². The van der Waals surface area contributed by atoms with Gasteiger partial charge in [-0.25, -0.2) is 9.37 Å². The molecule has 178 valence electrons. The SMILES string of the molecule is Fc1cc2[nH]c(C3CCCOC3Nc3cn[nH]c3)nc2cc1OCCCCN1CCCCC1. The largest absolute Gasteiger partial charge is 0.490 e. The molecule has 3 aromatic rings. The summed E-state index contributed by atoms with van der Waals surface area (Å²) in [5.74, 6) is 0.736. The highest BCUT2D eigenvalue weighted by molar-refractivity contribution is 5.77. The van der Waals surface area contributed by atoms with Crippen molar-refractivity contribution in [3.8, 4) is 5.75 Å². The summed E-state index contributed by atoms with van der Waals surface area (Å²) in [5.41, 5.74) is 2.25. The number of imidazole rings is 1. The van der Waals surface area contributed by atoms with E-state index in [9.17, 15) is 4.39 Å². The van der Waals surface area contributed by atoms with Gasteiger partial charge in [-0.15, -0.1) is 0 Å². The van der Waals surface area contributed by atoms with Crippen LogP contribution in [0.1, 0.15) is 56.7 Å². The minimum absolute atomic E-state index is 0.0308. The molecule has 9 heteroatoms. The van der Waals surface area contributed by atoms with Crippen LogP contribution in [0, 0.1) is 5.82 Å². The number of unbranched alkanes of at least 4 members (excludes halogenated alkanes) is 1. The van der Waals surface area contributed by atoms with E-state index in [0.29, 0.717) is 24.2 Å². The van der Waals surface area contributed by atoms with Crippen molar-refractivity contribution in [1.29, 1.82) is 0 Å². The molecule has 0 aliphatic carbocycles. The zero-order valence-electron chi connectivity index (χ0n) is 19.0. The van der Waals surface area contributed by atoms with Crippen LogP contribution in [-0.4, -0.2) is 64.1 Å². The molecule has 2 aliphatic rings. The van der Waals surface area contributed by atoms with Crippen molar-refractivity contribution in [1.82, 2.24) is 25.1 Å². The van der Waals surface area contributed by atoms with Crippen LogP contribution in [0.25, 0.3) is 11.0 Å². The highest BCUT2D eigenvalue weighted by Crippen LogP contribution is 2.32. The number of fused-ring (bicyclic) bond motifs is 1. The van der Waals surface area contributed by atoms with Crippen molar-refractivity contribution in [3.63, 3.8) is 0 Å². The summed E-state index contributed by atoms with van der Waals surface area (Å²) in [4.78, 5) is 10.6. The van der Waals surface area contributed by atoms with Crippen LogP contribution < -0.4 is 10.1 Å². The average Bonchev–Trinajstić information content (AvgIpc) is 3.49. The summed E-state index contributed by atoms with van der Waals surface area (Å²) >= 11 is 0. The van der Waals surface area contributed by atoms with Crippen molar-refractivity contribution in [2.24, 2.45) is 0 Å². The standard InChI is InChI=1S/C24H33FN6O2/c25-19-13-20-21(14-22(19)32-11-5-4-10-31-8-2-1-3-9-31)30-23(29-20)18-7-6-12-33-24(18)28-17-15-26-27-16-17/h13-16,18,24,28H,1-12H2,(H,26,27)(H,29,30). The molecule has 3 N–H and O–H groups in total. The fourth-order valence-electron chi connectivity index (χ4n) is 4.82. The molecule has 2 aromatic heterocycles. The minimum atomic E-state index is -0.360. The molecule has 0 spiro atoms. The predicted molar refractivity (Wildman–Crippen MR) is 125 cm³/mol. The molecule has 5 rings (SSSR count). The number of benzene rings is 1. The molecule has 2 fully saturated rings. The molecule has 0 radical (unpaired) electrons. The first-order valence-corrected chi connectivity index (χ1v) is 12.2. The van der Waals surface area contributed by atoms with Crippen LogP contribution in [0.15, 0.2) is 24.5 Å². The Morgan fingerprint density at radius 1 is 1.18 bits per heavy atom. The lowest BCUT2D eigenvalue weighted by Crippen LogP contribution is -2.35. The van der Waals surface area contributed by atoms with Gasteiger partial charge < -0.3 is 24.7 Å². The number of H-pyrrole nitrogens is 2. The number of rotatable bonds is 9. The molecule has 0 amide bonds. The molecule has 0 bridgehead atoms. The Kier molecular flexibility index (Phi) is 7.06. The second kappa shape index (κ2) is 10.5. The molecule has 2 unspecified atom stereocenters. The van der Waals surface area contributed by atoms with E-state index in [-0.39, 0.29) is 23.7 Å². The second-order valence-electron chi connectivity index (χ2n) is 9.05. The normalized spacial score (nSPS) is 22.0. The topological polar surface area (TPSA) is 91.1 Å². The average molecular weight is 457 g/mol. The Labute approximate surface area is 193 Å². The van der Waals surface area contributed by atoms with Gasteiger partial charge in [0, 0.05) is 24.9 Å². The van der Waals surface area contributed by atoms with E-state index in [2.05, 4.69) is 25.4 Å². The summed E-state index contributed by atoms with van der Waals surface area (Å²) in [6.07, 6.45) is 11.1. The van der Waals surface area contributed by atoms with E-state index in [1.807, 2.05) is 0 Å². The number of hydrogen-bond acceptors (Lipinski definition) is 6. The number of aromatic nitrogens is 4. The first-order valence-electron chi connectivity index (χ1n) is 12.2. The first kappa shape index (κ1) is 22.2. The number of ether oxygens (including phenoxy) is 2. The highest BCUT2D eigenvalue weighted by atomic mass is 19.1. The zero-order chi connectivity index (χ0) is 22.5. The van der Waals surface area contributed by atoms with Gasteiger partial charge in [0.15, 0.2) is 11.6 Å². The minimum Gasteiger partial charge on any atom is -0.490 e. The number of halogens is 1. The van der Waals surface area contributed by atoms with Gasteiger partial charge in [0.05, 0.1) is 35.4 Å². The third kappa shape index (κ3) is 5.47. The number of anilines is 1. The molecule has 4 heterocycles. The second-order valence-corrected chi connectivity index (χ2v) is 9.05. The Hall–Kier alpha value is -2.65. The number of nitrogens with one attached hydrogen (secondary N) is 3. The summed E-state index contributed by atoms with van der Waals surface area (Å²) in [7, 11) is 0. The van der Waals surface area contributed by atoms with Crippen LogP contribution in [0.3, 0.4) is 0 Å². The third-order valence-corrected chi connectivity index (χ3v) is 6.61. The van der Waals surface area contributed by atoms with Crippen molar-refractivity contribution < 1.29 is 13.9 Å². The van der Waals surface area contributed by atoms with Crippen LogP contribution in [0.2, 0.25) is 0 Å². The first-order chi connectivity index (χ1) is 16.3. The predicted octanol–water partition coefficient (Wildman–Crippen LogP) is 4.40. The number of likely N-dealkylation sites (tertiary alicyclic amines) is 1. The van der Waals surface area contributed by atoms with Gasteiger partial charge in [-0.1, -0.05) is 6.42 Å². The lowest BCUT2D eigenvalue weighted by Gasteiger charge is -2.31. The smallest absolute Gasteiger partial charge is 0.167 e. The van der Waals surface area contributed by atoms with E-state index in [1.54, 1.807) is 18.5 Å². The molecule has 1 aromatic carbocycles. The Bertz CT molecular complexity index is 1020. The molecule has 2 atom stereocenters. The highest BCUT2D eigenvalue weighted by Gasteiger charge is 2.30. The van der Waals surface area contributed by atoms with E-state index < -0.39 is 0 Å². The third-order valence-electron chi connectivity index (χ3n) is 6.61. The monoisotopic (exact) mass is 456 g/mol. The zero-order valence-corrected chi connectivity index (χ0v) is 19.0. The fraction of sp³-hybridized carbons (Fsp3) is 0.583. The quantitative estimate of drug-likeness (QED) is 0.414. The maximum atomic E-state index is 14.7. The van der Waals surface area contributed by atoms with Gasteiger partial charge in [-0.3, -0.25) is 5.10 Å².